The lowest BCUT2D eigenvalue weighted by Crippen LogP contribution is -2.36. The highest BCUT2D eigenvalue weighted by molar-refractivity contribution is 5.79. The third-order valence-corrected chi connectivity index (χ3v) is 5.18. The fraction of sp³-hybridized carbons (Fsp3) is 0.318. The lowest BCUT2D eigenvalue weighted by Gasteiger charge is -2.20. The summed E-state index contributed by atoms with van der Waals surface area (Å²) >= 11 is 0. The molecule has 0 aliphatic carbocycles. The summed E-state index contributed by atoms with van der Waals surface area (Å²) in [5, 5.41) is 8.28. The summed E-state index contributed by atoms with van der Waals surface area (Å²) in [5.41, 5.74) is 7.96. The van der Waals surface area contributed by atoms with Crippen LogP contribution >= 0.6 is 0 Å². The van der Waals surface area contributed by atoms with Gasteiger partial charge < -0.3 is 15.1 Å². The first kappa shape index (κ1) is 18.4. The Labute approximate surface area is 164 Å². The van der Waals surface area contributed by atoms with E-state index in [2.05, 4.69) is 22.3 Å². The number of benzene rings is 2. The molecule has 6 nitrogen and oxygen atoms in total. The van der Waals surface area contributed by atoms with Gasteiger partial charge in [0.25, 0.3) is 0 Å². The van der Waals surface area contributed by atoms with Crippen molar-refractivity contribution in [2.75, 3.05) is 6.54 Å². The van der Waals surface area contributed by atoms with Crippen LogP contribution in [0.1, 0.15) is 42.2 Å². The molecule has 2 N–H and O–H groups in total. The number of hydrogen-bond acceptors (Lipinski definition) is 5. The second-order valence-electron chi connectivity index (χ2n) is 7.67. The number of amides is 1. The fourth-order valence-electron chi connectivity index (χ4n) is 3.68. The summed E-state index contributed by atoms with van der Waals surface area (Å²) in [6, 6.07) is 20.1. The van der Waals surface area contributed by atoms with Gasteiger partial charge in [-0.3, -0.25) is 4.79 Å². The van der Waals surface area contributed by atoms with Crippen molar-refractivity contribution in [2.24, 2.45) is 5.73 Å². The van der Waals surface area contributed by atoms with Crippen LogP contribution in [0.25, 0.3) is 0 Å². The van der Waals surface area contributed by atoms with E-state index in [1.807, 2.05) is 55.5 Å². The van der Waals surface area contributed by atoms with Crippen LogP contribution in [-0.2, 0) is 23.3 Å². The Morgan fingerprint density at radius 2 is 1.79 bits per heavy atom. The summed E-state index contributed by atoms with van der Waals surface area (Å²) in [7, 11) is 0. The van der Waals surface area contributed by atoms with Gasteiger partial charge in [0.1, 0.15) is 0 Å². The number of carbonyl (C=O) groups is 1. The van der Waals surface area contributed by atoms with Crippen molar-refractivity contribution in [1.82, 2.24) is 15.1 Å². The molecule has 0 radical (unpaired) electrons. The molecule has 6 heteroatoms. The van der Waals surface area contributed by atoms with E-state index in [-0.39, 0.29) is 11.8 Å². The Morgan fingerprint density at radius 1 is 1.11 bits per heavy atom. The van der Waals surface area contributed by atoms with E-state index in [1.54, 1.807) is 4.90 Å². The van der Waals surface area contributed by atoms with Gasteiger partial charge in [-0.1, -0.05) is 60.7 Å². The van der Waals surface area contributed by atoms with Gasteiger partial charge in [0.2, 0.25) is 17.7 Å². The minimum absolute atomic E-state index is 0.105. The number of carbonyl (C=O) groups excluding carboxylic acids is 1. The average molecular weight is 376 g/mol. The van der Waals surface area contributed by atoms with Crippen molar-refractivity contribution in [3.05, 3.63) is 83.6 Å². The molecule has 2 aromatic carbocycles. The first-order valence-corrected chi connectivity index (χ1v) is 9.50. The average Bonchev–Trinajstić information content (AvgIpc) is 3.31. The largest absolute Gasteiger partial charge is 0.421 e. The first-order chi connectivity index (χ1) is 13.5. The monoisotopic (exact) mass is 376 g/mol. The fourth-order valence-corrected chi connectivity index (χ4v) is 3.68. The molecule has 1 unspecified atom stereocenters. The predicted octanol–water partition coefficient (Wildman–Crippen LogP) is 3.00. The van der Waals surface area contributed by atoms with Gasteiger partial charge >= 0.3 is 0 Å². The third kappa shape index (κ3) is 3.97. The summed E-state index contributed by atoms with van der Waals surface area (Å²) in [6.07, 6.45) is 1.10. The van der Waals surface area contributed by atoms with E-state index in [9.17, 15) is 4.79 Å². The number of nitrogens with two attached hydrogens (primary N) is 1. The standard InChI is InChI=1S/C22H24N4O2/c1-22(23,13-16-8-4-2-5-9-16)21-25-24-19(28-21)15-26-14-18(12-20(26)27)17-10-6-3-7-11-17/h2-11,18H,12-15,23H2,1H3/t18?,22-/m1/s1. The van der Waals surface area contributed by atoms with E-state index in [0.29, 0.717) is 37.7 Å². The molecule has 0 bridgehead atoms. The zero-order chi connectivity index (χ0) is 19.6. The zero-order valence-corrected chi connectivity index (χ0v) is 15.9. The molecule has 1 saturated heterocycles. The van der Waals surface area contributed by atoms with Crippen LogP contribution in [0.2, 0.25) is 0 Å². The van der Waals surface area contributed by atoms with Crippen LogP contribution in [0.4, 0.5) is 0 Å². The van der Waals surface area contributed by atoms with Gasteiger partial charge in [-0.05, 0) is 24.5 Å². The molecule has 2 atom stereocenters. The van der Waals surface area contributed by atoms with Crippen LogP contribution in [0.15, 0.2) is 65.1 Å². The molecular formula is C22H24N4O2. The zero-order valence-electron chi connectivity index (χ0n) is 15.9. The molecule has 144 valence electrons. The molecule has 28 heavy (non-hydrogen) atoms. The molecule has 1 amide bonds. The molecule has 1 aliphatic heterocycles. The highest BCUT2D eigenvalue weighted by atomic mass is 16.4. The van der Waals surface area contributed by atoms with Gasteiger partial charge in [-0.25, -0.2) is 0 Å². The van der Waals surface area contributed by atoms with Gasteiger partial charge in [0, 0.05) is 18.9 Å². The quantitative estimate of drug-likeness (QED) is 0.715. The maximum atomic E-state index is 12.4. The van der Waals surface area contributed by atoms with Crippen molar-refractivity contribution in [3.8, 4) is 0 Å². The van der Waals surface area contributed by atoms with E-state index in [1.165, 1.54) is 5.56 Å². The van der Waals surface area contributed by atoms with Gasteiger partial charge in [-0.15, -0.1) is 10.2 Å². The molecule has 0 spiro atoms. The van der Waals surface area contributed by atoms with Crippen molar-refractivity contribution in [2.45, 2.75) is 37.8 Å². The van der Waals surface area contributed by atoms with Crippen LogP contribution in [-0.4, -0.2) is 27.5 Å². The maximum Gasteiger partial charge on any atom is 0.236 e. The molecular weight excluding hydrogens is 352 g/mol. The van der Waals surface area contributed by atoms with Crippen molar-refractivity contribution in [1.29, 1.82) is 0 Å². The van der Waals surface area contributed by atoms with E-state index >= 15 is 0 Å². The molecule has 1 aromatic heterocycles. The minimum Gasteiger partial charge on any atom is -0.421 e. The van der Waals surface area contributed by atoms with Crippen LogP contribution < -0.4 is 5.73 Å². The second kappa shape index (κ2) is 7.56. The van der Waals surface area contributed by atoms with E-state index < -0.39 is 5.54 Å². The molecule has 2 heterocycles. The first-order valence-electron chi connectivity index (χ1n) is 9.50. The summed E-state index contributed by atoms with van der Waals surface area (Å²) in [6.45, 7) is 2.85. The lowest BCUT2D eigenvalue weighted by atomic mass is 9.94. The summed E-state index contributed by atoms with van der Waals surface area (Å²) < 4.78 is 5.83. The highest BCUT2D eigenvalue weighted by Crippen LogP contribution is 2.29. The Bertz CT molecular complexity index is 937. The van der Waals surface area contributed by atoms with Gasteiger partial charge in [0.15, 0.2) is 0 Å². The number of hydrogen-bond donors (Lipinski definition) is 1. The number of likely N-dealkylation sites (tertiary alicyclic amines) is 1. The van der Waals surface area contributed by atoms with Crippen molar-refractivity contribution >= 4 is 5.91 Å². The third-order valence-electron chi connectivity index (χ3n) is 5.18. The predicted molar refractivity (Wildman–Crippen MR) is 105 cm³/mol. The van der Waals surface area contributed by atoms with Crippen molar-refractivity contribution < 1.29 is 9.21 Å². The second-order valence-corrected chi connectivity index (χ2v) is 7.67. The topological polar surface area (TPSA) is 85.2 Å². The van der Waals surface area contributed by atoms with E-state index in [0.717, 1.165) is 5.56 Å². The summed E-state index contributed by atoms with van der Waals surface area (Å²) in [4.78, 5) is 14.2. The van der Waals surface area contributed by atoms with Crippen LogP contribution in [0.5, 0.6) is 0 Å². The SMILES string of the molecule is C[C@@](N)(Cc1ccccc1)c1nnc(CN2CC(c3ccccc3)CC2=O)o1. The number of aromatic nitrogens is 2. The molecule has 4 rings (SSSR count). The molecule has 1 fully saturated rings. The van der Waals surface area contributed by atoms with Crippen LogP contribution in [0.3, 0.4) is 0 Å². The Kier molecular flexibility index (Phi) is 4.96. The normalized spacial score (nSPS) is 19.0. The Morgan fingerprint density at radius 3 is 2.50 bits per heavy atom. The van der Waals surface area contributed by atoms with Crippen molar-refractivity contribution in [3.63, 3.8) is 0 Å². The minimum atomic E-state index is -0.770. The molecule has 3 aromatic rings. The summed E-state index contributed by atoms with van der Waals surface area (Å²) in [5.74, 6) is 1.11. The number of rotatable bonds is 6. The Hall–Kier alpha value is -2.99. The Balaban J connectivity index is 1.43. The smallest absolute Gasteiger partial charge is 0.236 e. The maximum absolute atomic E-state index is 12.4. The molecule has 1 aliphatic rings. The highest BCUT2D eigenvalue weighted by Gasteiger charge is 2.33. The number of nitrogens with zero attached hydrogens (tertiary/aromatic N) is 3. The molecule has 0 saturated carbocycles. The van der Waals surface area contributed by atoms with Gasteiger partial charge in [0.05, 0.1) is 12.1 Å². The lowest BCUT2D eigenvalue weighted by molar-refractivity contribution is -0.128. The van der Waals surface area contributed by atoms with Gasteiger partial charge in [-0.2, -0.15) is 0 Å². The van der Waals surface area contributed by atoms with E-state index in [4.69, 9.17) is 10.2 Å². The van der Waals surface area contributed by atoms with Crippen LogP contribution in [0, 0.1) is 0 Å².